The maximum absolute atomic E-state index is 2.38. The Kier molecular flexibility index (Phi) is 37.2. The molecule has 5 saturated carbocycles. The number of rotatable bonds is 5. The Morgan fingerprint density at radius 1 is 0.206 bits per heavy atom. The molecule has 0 spiro atoms. The van der Waals surface area contributed by atoms with E-state index in [9.17, 15) is 0 Å². The average molecular weight is 930 g/mol. The van der Waals surface area contributed by atoms with Gasteiger partial charge in [0.2, 0.25) is 0 Å². The first-order valence-corrected chi connectivity index (χ1v) is 24.6. The van der Waals surface area contributed by atoms with Gasteiger partial charge in [-0.25, -0.2) is 0 Å². The van der Waals surface area contributed by atoms with Crippen LogP contribution in [0.5, 0.6) is 0 Å². The normalized spacial score (nSPS) is 25.7. The summed E-state index contributed by atoms with van der Waals surface area (Å²) in [4.78, 5) is 0. The van der Waals surface area contributed by atoms with Crippen molar-refractivity contribution in [2.75, 3.05) is 0 Å². The van der Waals surface area contributed by atoms with E-state index in [2.05, 4.69) is 186 Å². The molecule has 384 valence electrons. The zero-order chi connectivity index (χ0) is 41.9. The molecule has 5 aliphatic carbocycles. The van der Waals surface area contributed by atoms with Crippen LogP contribution in [0.15, 0.2) is 152 Å². The van der Waals surface area contributed by atoms with Gasteiger partial charge < -0.3 is 0 Å². The molecule has 0 radical (unpaired) electrons. The Labute approximate surface area is 427 Å². The Morgan fingerprint density at radius 3 is 0.441 bits per heavy atom. The van der Waals surface area contributed by atoms with Crippen LogP contribution in [-0.2, 0) is 0 Å². The topological polar surface area (TPSA) is 0 Å². The van der Waals surface area contributed by atoms with Gasteiger partial charge in [0.1, 0.15) is 0 Å². The molecule has 5 fully saturated rings. The predicted molar refractivity (Wildman–Crippen MR) is 315 cm³/mol. The van der Waals surface area contributed by atoms with Gasteiger partial charge in [0.05, 0.1) is 0 Å². The van der Waals surface area contributed by atoms with Crippen LogP contribution in [0.1, 0.15) is 248 Å². The molecule has 0 bridgehead atoms. The van der Waals surface area contributed by atoms with Crippen molar-refractivity contribution in [1.82, 2.24) is 0 Å². The second-order valence-corrected chi connectivity index (χ2v) is 19.6. The van der Waals surface area contributed by atoms with Crippen LogP contribution in [-0.4, -0.2) is 0 Å². The van der Waals surface area contributed by atoms with Crippen LogP contribution in [0.4, 0.5) is 0 Å². The lowest BCUT2D eigenvalue weighted by molar-refractivity contribution is 0.533. The monoisotopic (exact) mass is 929 g/mol. The van der Waals surface area contributed by atoms with Gasteiger partial charge in [-0.2, -0.15) is 0 Å². The van der Waals surface area contributed by atoms with Crippen LogP contribution >= 0.6 is 0 Å². The summed E-state index contributed by atoms with van der Waals surface area (Å²) in [5.41, 5.74) is 7.72. The van der Waals surface area contributed by atoms with Gasteiger partial charge >= 0.3 is 0 Å². The SMILES string of the molecule is C.C.C.C.C.C.C.C.CC1CCCC1c1ccccc1.CC1CCCC1c1ccccc1.CC1CCCC1c1ccccc1.CC1CCCC1c1ccccc1.CC1CCCC1c1ccccc1. The zero-order valence-electron chi connectivity index (χ0n) is 38.3. The highest BCUT2D eigenvalue weighted by Crippen LogP contribution is 2.42. The molecule has 5 aromatic rings. The van der Waals surface area contributed by atoms with Crippen molar-refractivity contribution < 1.29 is 0 Å². The van der Waals surface area contributed by atoms with E-state index in [1.54, 1.807) is 27.8 Å². The minimum Gasteiger partial charge on any atom is -0.0776 e. The van der Waals surface area contributed by atoms with Gasteiger partial charge in [0.15, 0.2) is 0 Å². The smallest absolute Gasteiger partial charge is 0.0136 e. The fraction of sp³-hybridized carbons (Fsp3) is 0.559. The molecule has 0 amide bonds. The van der Waals surface area contributed by atoms with Crippen LogP contribution in [0.2, 0.25) is 0 Å². The Balaban J connectivity index is -0.000000754. The van der Waals surface area contributed by atoms with Crippen molar-refractivity contribution in [3.63, 3.8) is 0 Å². The quantitative estimate of drug-likeness (QED) is 0.165. The Bertz CT molecular complexity index is 1510. The maximum Gasteiger partial charge on any atom is -0.0136 e. The van der Waals surface area contributed by atoms with Crippen molar-refractivity contribution in [3.05, 3.63) is 179 Å². The van der Waals surface area contributed by atoms with E-state index in [4.69, 9.17) is 0 Å². The van der Waals surface area contributed by atoms with Gasteiger partial charge in [-0.1, -0.05) is 310 Å². The lowest BCUT2D eigenvalue weighted by Crippen LogP contribution is -2.00. The number of hydrogen-bond acceptors (Lipinski definition) is 0. The molecule has 0 aliphatic heterocycles. The highest BCUT2D eigenvalue weighted by atomic mass is 14.3. The second kappa shape index (κ2) is 37.0. The highest BCUT2D eigenvalue weighted by molar-refractivity contribution is 5.24. The van der Waals surface area contributed by atoms with E-state index in [0.717, 1.165) is 59.2 Å². The average Bonchev–Trinajstić information content (AvgIpc) is 4.17. The first-order chi connectivity index (χ1) is 29.4. The molecule has 5 aromatic carbocycles. The largest absolute Gasteiger partial charge is 0.0776 e. The van der Waals surface area contributed by atoms with Gasteiger partial charge in [-0.3, -0.25) is 0 Å². The first kappa shape index (κ1) is 68.4. The molecule has 0 nitrogen and oxygen atoms in total. The van der Waals surface area contributed by atoms with Crippen molar-refractivity contribution in [3.8, 4) is 0 Å². The third kappa shape index (κ3) is 20.6. The number of hydrogen-bond donors (Lipinski definition) is 0. The summed E-state index contributed by atoms with van der Waals surface area (Å²) < 4.78 is 0. The van der Waals surface area contributed by atoms with Crippen molar-refractivity contribution in [2.45, 2.75) is 220 Å². The molecule has 10 unspecified atom stereocenters. The van der Waals surface area contributed by atoms with E-state index < -0.39 is 0 Å². The minimum atomic E-state index is 0. The second-order valence-electron chi connectivity index (χ2n) is 19.6. The lowest BCUT2D eigenvalue weighted by Gasteiger charge is -2.14. The van der Waals surface area contributed by atoms with Crippen molar-refractivity contribution >= 4 is 0 Å². The number of benzene rings is 5. The summed E-state index contributed by atoms with van der Waals surface area (Å²) in [6, 6.07) is 54.7. The maximum atomic E-state index is 2.38. The molecule has 0 heteroatoms. The third-order valence-electron chi connectivity index (χ3n) is 15.4. The first-order valence-electron chi connectivity index (χ1n) is 24.6. The van der Waals surface area contributed by atoms with Crippen LogP contribution < -0.4 is 0 Å². The van der Waals surface area contributed by atoms with Crippen LogP contribution in [0, 0.1) is 29.6 Å². The fourth-order valence-corrected chi connectivity index (χ4v) is 11.7. The highest BCUT2D eigenvalue weighted by Gasteiger charge is 2.27. The molecule has 5 aliphatic rings. The van der Waals surface area contributed by atoms with Crippen molar-refractivity contribution in [2.24, 2.45) is 29.6 Å². The predicted octanol–water partition coefficient (Wildman–Crippen LogP) is 23.0. The van der Waals surface area contributed by atoms with E-state index >= 15 is 0 Å². The molecule has 0 heterocycles. The zero-order valence-corrected chi connectivity index (χ0v) is 38.3. The van der Waals surface area contributed by atoms with E-state index in [1.807, 2.05) is 0 Å². The van der Waals surface area contributed by atoms with E-state index in [1.165, 1.54) is 96.3 Å². The van der Waals surface area contributed by atoms with Gasteiger partial charge in [0.25, 0.3) is 0 Å². The summed E-state index contributed by atoms with van der Waals surface area (Å²) in [5, 5.41) is 0. The summed E-state index contributed by atoms with van der Waals surface area (Å²) in [6.45, 7) is 11.9. The molecular weight excluding hydrogens is 817 g/mol. The summed E-state index contributed by atoms with van der Waals surface area (Å²) in [6.07, 6.45) is 21.1. The molecule has 0 saturated heterocycles. The fourth-order valence-electron chi connectivity index (χ4n) is 11.7. The molecule has 0 N–H and O–H groups in total. The molecule has 68 heavy (non-hydrogen) atoms. The van der Waals surface area contributed by atoms with Gasteiger partial charge in [-0.05, 0) is 119 Å². The molecule has 10 atom stereocenters. The van der Waals surface area contributed by atoms with E-state index in [-0.39, 0.29) is 59.4 Å². The summed E-state index contributed by atoms with van der Waals surface area (Å²) in [5.74, 6) is 8.67. The van der Waals surface area contributed by atoms with Crippen LogP contribution in [0.25, 0.3) is 0 Å². The third-order valence-corrected chi connectivity index (χ3v) is 15.4. The molecule has 10 rings (SSSR count). The Morgan fingerprint density at radius 2 is 0.338 bits per heavy atom. The standard InChI is InChI=1S/5C12H16.8CH4/c5*1-10-6-5-9-12(10)11-7-3-2-4-8-11;;;;;;;;/h5*2-4,7-8,10,12H,5-6,9H2,1H3;8*1H4. The van der Waals surface area contributed by atoms with Gasteiger partial charge in [-0.15, -0.1) is 0 Å². The summed E-state index contributed by atoms with van der Waals surface area (Å²) in [7, 11) is 0. The minimum absolute atomic E-state index is 0. The molecule has 0 aromatic heterocycles. The van der Waals surface area contributed by atoms with Gasteiger partial charge in [0, 0.05) is 0 Å². The summed E-state index contributed by atoms with van der Waals surface area (Å²) >= 11 is 0. The van der Waals surface area contributed by atoms with Crippen LogP contribution in [0.3, 0.4) is 0 Å². The lowest BCUT2D eigenvalue weighted by atomic mass is 9.90. The van der Waals surface area contributed by atoms with Crippen molar-refractivity contribution in [1.29, 1.82) is 0 Å². The molecular formula is C68H112. The van der Waals surface area contributed by atoms with E-state index in [0.29, 0.717) is 0 Å². The Hall–Kier alpha value is -3.90.